The van der Waals surface area contributed by atoms with Gasteiger partial charge in [0.15, 0.2) is 0 Å². The number of nitrogens with one attached hydrogen (secondary N) is 2. The lowest BCUT2D eigenvalue weighted by Crippen LogP contribution is -2.29. The molecule has 200 valence electrons. The van der Waals surface area contributed by atoms with Gasteiger partial charge in [-0.2, -0.15) is 0 Å². The maximum atomic E-state index is 12.9. The van der Waals surface area contributed by atoms with E-state index in [-0.39, 0.29) is 17.9 Å². The Hall–Kier alpha value is -3.76. The van der Waals surface area contributed by atoms with Gasteiger partial charge in [-0.05, 0) is 55.7 Å². The van der Waals surface area contributed by atoms with Crippen LogP contribution in [0.15, 0.2) is 54.9 Å². The van der Waals surface area contributed by atoms with E-state index < -0.39 is 11.6 Å². The minimum atomic E-state index is -1.05. The van der Waals surface area contributed by atoms with Gasteiger partial charge in [-0.25, -0.2) is 9.78 Å². The van der Waals surface area contributed by atoms with Crippen molar-refractivity contribution in [3.63, 3.8) is 0 Å². The minimum Gasteiger partial charge on any atom is -0.389 e. The van der Waals surface area contributed by atoms with Crippen LogP contribution in [0.25, 0.3) is 21.5 Å². The van der Waals surface area contributed by atoms with Crippen molar-refractivity contribution in [2.75, 3.05) is 22.6 Å². The van der Waals surface area contributed by atoms with Crippen molar-refractivity contribution in [1.82, 2.24) is 14.5 Å². The zero-order chi connectivity index (χ0) is 27.7. The summed E-state index contributed by atoms with van der Waals surface area (Å²) in [6.45, 7) is 9.68. The first-order valence-electron chi connectivity index (χ1n) is 12.4. The normalized spacial score (nSPS) is 12.0. The minimum absolute atomic E-state index is 0.00658. The number of amides is 3. The molecule has 10 heteroatoms. The molecule has 0 spiro atoms. The quantitative estimate of drug-likeness (QED) is 0.270. The van der Waals surface area contributed by atoms with E-state index in [0.29, 0.717) is 28.6 Å². The van der Waals surface area contributed by atoms with Crippen molar-refractivity contribution in [3.05, 3.63) is 54.9 Å². The number of pyridine rings is 1. The first kappa shape index (κ1) is 27.3. The molecule has 0 atom stereocenters. The number of aromatic nitrogens is 3. The molecule has 3 amide bonds. The Labute approximate surface area is 226 Å². The molecule has 38 heavy (non-hydrogen) atoms. The number of anilines is 3. The Morgan fingerprint density at radius 3 is 2.50 bits per heavy atom. The monoisotopic (exact) mass is 534 g/mol. The Morgan fingerprint density at radius 1 is 1.08 bits per heavy atom. The third-order valence-electron chi connectivity index (χ3n) is 5.73. The molecule has 0 bridgehead atoms. The Kier molecular flexibility index (Phi) is 7.57. The van der Waals surface area contributed by atoms with E-state index in [1.165, 1.54) is 11.3 Å². The number of urea groups is 1. The first-order valence-corrected chi connectivity index (χ1v) is 13.2. The fraction of sp³-hybridized carbons (Fsp3) is 0.357. The molecule has 0 radical (unpaired) electrons. The van der Waals surface area contributed by atoms with Crippen LogP contribution in [0.1, 0.15) is 41.0 Å². The molecular weight excluding hydrogens is 500 g/mol. The second kappa shape index (κ2) is 10.5. The van der Waals surface area contributed by atoms with Gasteiger partial charge in [0.2, 0.25) is 11.9 Å². The van der Waals surface area contributed by atoms with Crippen LogP contribution < -0.4 is 15.5 Å². The number of nitrogens with zero attached hydrogens (tertiary/aromatic N) is 4. The zero-order valence-corrected chi connectivity index (χ0v) is 23.4. The molecule has 0 aliphatic rings. The van der Waals surface area contributed by atoms with Gasteiger partial charge < -0.3 is 14.6 Å². The first-order chi connectivity index (χ1) is 17.8. The second-order valence-corrected chi connectivity index (χ2v) is 12.3. The lowest BCUT2D eigenvalue weighted by atomic mass is 9.91. The number of benzene rings is 1. The van der Waals surface area contributed by atoms with Gasteiger partial charge in [0.1, 0.15) is 0 Å². The summed E-state index contributed by atoms with van der Waals surface area (Å²) >= 11 is 1.44. The van der Waals surface area contributed by atoms with Crippen LogP contribution in [0.4, 0.5) is 21.4 Å². The van der Waals surface area contributed by atoms with Crippen LogP contribution in [0.5, 0.6) is 0 Å². The van der Waals surface area contributed by atoms with Crippen LogP contribution in [0.3, 0.4) is 0 Å². The van der Waals surface area contributed by atoms with Crippen LogP contribution >= 0.6 is 11.3 Å². The highest BCUT2D eigenvalue weighted by Gasteiger charge is 2.23. The van der Waals surface area contributed by atoms with Crippen LogP contribution in [-0.4, -0.2) is 44.2 Å². The average molecular weight is 535 g/mol. The third kappa shape index (κ3) is 6.76. The summed E-state index contributed by atoms with van der Waals surface area (Å²) in [6.07, 6.45) is 3.90. The average Bonchev–Trinajstić information content (AvgIpc) is 3.41. The highest BCUT2D eigenvalue weighted by Crippen LogP contribution is 2.31. The van der Waals surface area contributed by atoms with E-state index in [4.69, 9.17) is 0 Å². The maximum Gasteiger partial charge on any atom is 0.326 e. The lowest BCUT2D eigenvalue weighted by Gasteiger charge is -2.23. The number of hydrogen-bond donors (Lipinski definition) is 3. The van der Waals surface area contributed by atoms with Crippen LogP contribution in [-0.2, 0) is 11.3 Å². The number of carbonyl (C=O) groups excluding carboxylic acids is 2. The number of carbonyl (C=O) groups is 2. The summed E-state index contributed by atoms with van der Waals surface area (Å²) in [5, 5.41) is 16.9. The van der Waals surface area contributed by atoms with Gasteiger partial charge in [-0.3, -0.25) is 20.4 Å². The van der Waals surface area contributed by atoms with Gasteiger partial charge >= 0.3 is 6.03 Å². The molecule has 0 fully saturated rings. The number of imidazole rings is 1. The number of aliphatic hydroxyl groups is 1. The van der Waals surface area contributed by atoms with Crippen molar-refractivity contribution < 1.29 is 14.7 Å². The smallest absolute Gasteiger partial charge is 0.326 e. The molecule has 1 aromatic carbocycles. The number of hydrogen-bond acceptors (Lipinski definition) is 6. The highest BCUT2D eigenvalue weighted by atomic mass is 32.1. The molecule has 4 rings (SSSR count). The Bertz CT molecular complexity index is 1450. The maximum absolute atomic E-state index is 12.9. The summed E-state index contributed by atoms with van der Waals surface area (Å²) in [7, 11) is 1.75. The van der Waals surface area contributed by atoms with E-state index in [1.54, 1.807) is 42.8 Å². The van der Waals surface area contributed by atoms with Gasteiger partial charge in [0, 0.05) is 42.0 Å². The lowest BCUT2D eigenvalue weighted by molar-refractivity contribution is -0.120. The third-order valence-corrected chi connectivity index (χ3v) is 6.78. The van der Waals surface area contributed by atoms with Gasteiger partial charge in [0.25, 0.3) is 0 Å². The summed E-state index contributed by atoms with van der Waals surface area (Å²) in [5.41, 5.74) is 1.84. The second-order valence-electron chi connectivity index (χ2n) is 11.2. The van der Waals surface area contributed by atoms with Gasteiger partial charge in [0.05, 0.1) is 28.2 Å². The summed E-state index contributed by atoms with van der Waals surface area (Å²) < 4.78 is 1.77. The molecule has 0 saturated carbocycles. The molecule has 9 nitrogen and oxygen atoms in total. The van der Waals surface area contributed by atoms with Crippen molar-refractivity contribution in [2.24, 2.45) is 5.41 Å². The molecule has 0 aliphatic carbocycles. The van der Waals surface area contributed by atoms with E-state index in [9.17, 15) is 14.7 Å². The predicted octanol–water partition coefficient (Wildman–Crippen LogP) is 5.97. The number of fused-ring (bicyclic) bond motifs is 1. The molecule has 3 aromatic heterocycles. The highest BCUT2D eigenvalue weighted by molar-refractivity contribution is 7.19. The zero-order valence-electron chi connectivity index (χ0n) is 22.6. The number of rotatable bonds is 7. The molecule has 0 aliphatic heterocycles. The summed E-state index contributed by atoms with van der Waals surface area (Å²) in [4.78, 5) is 37.1. The van der Waals surface area contributed by atoms with E-state index in [2.05, 4.69) is 20.6 Å². The van der Waals surface area contributed by atoms with Crippen molar-refractivity contribution in [3.8, 4) is 10.4 Å². The molecule has 0 unspecified atom stereocenters. The summed E-state index contributed by atoms with van der Waals surface area (Å²) in [5.74, 6) is 0.302. The largest absolute Gasteiger partial charge is 0.389 e. The SMILES string of the molecule is CN(C(=O)CC(C)(C)C)c1ccc2c(c1)nc(NC(=O)Nc1ccc(-c3cccnc3)s1)n2CC(C)(C)O. The molecule has 3 N–H and O–H groups in total. The topological polar surface area (TPSA) is 112 Å². The number of thiophene rings is 1. The Balaban J connectivity index is 1.58. The Morgan fingerprint density at radius 2 is 1.84 bits per heavy atom. The molecule has 0 saturated heterocycles. The van der Waals surface area contributed by atoms with Crippen molar-refractivity contribution in [1.29, 1.82) is 0 Å². The predicted molar refractivity (Wildman–Crippen MR) is 154 cm³/mol. The van der Waals surface area contributed by atoms with E-state index in [0.717, 1.165) is 16.0 Å². The molecule has 4 aromatic rings. The van der Waals surface area contributed by atoms with Crippen LogP contribution in [0, 0.1) is 5.41 Å². The fourth-order valence-electron chi connectivity index (χ4n) is 4.00. The van der Waals surface area contributed by atoms with E-state index in [1.807, 2.05) is 63.2 Å². The van der Waals surface area contributed by atoms with Crippen LogP contribution in [0.2, 0.25) is 0 Å². The molecular formula is C28H34N6O3S. The van der Waals surface area contributed by atoms with E-state index >= 15 is 0 Å². The van der Waals surface area contributed by atoms with Gasteiger partial charge in [-0.1, -0.05) is 26.8 Å². The van der Waals surface area contributed by atoms with Crippen molar-refractivity contribution >= 4 is 50.9 Å². The summed E-state index contributed by atoms with van der Waals surface area (Å²) in [6, 6.07) is 12.7. The van der Waals surface area contributed by atoms with Gasteiger partial charge in [-0.15, -0.1) is 11.3 Å². The standard InChI is InChI=1S/C28H34N6O3S/c1-27(2,3)15-24(35)33(6)19-9-10-21-20(14-19)30-25(34(21)17-28(4,5)37)32-26(36)31-23-12-11-22(38-23)18-8-7-13-29-16-18/h7-14,16,37H,15,17H2,1-6H3,(H2,30,31,32,36). The fourth-order valence-corrected chi connectivity index (χ4v) is 4.89. The molecule has 3 heterocycles. The van der Waals surface area contributed by atoms with Crippen molar-refractivity contribution in [2.45, 2.75) is 53.2 Å².